The Kier molecular flexibility index (Phi) is 4.95. The highest BCUT2D eigenvalue weighted by molar-refractivity contribution is 7.92. The van der Waals surface area contributed by atoms with E-state index in [1.165, 1.54) is 39.5 Å². The predicted molar refractivity (Wildman–Crippen MR) is 100.0 cm³/mol. The molecule has 0 unspecified atom stereocenters. The largest absolute Gasteiger partial charge is 0.493 e. The molecular weight excluding hydrogens is 372 g/mol. The number of methoxy groups -OCH3 is 3. The van der Waals surface area contributed by atoms with E-state index in [1.807, 2.05) is 0 Å². The van der Waals surface area contributed by atoms with E-state index in [0.29, 0.717) is 16.7 Å². The number of hydrogen-bond acceptors (Lipinski definition) is 6. The van der Waals surface area contributed by atoms with Crippen LogP contribution < -0.4 is 14.2 Å². The average Bonchev–Trinajstić information content (AvgIpc) is 3.04. The number of H-pyrrole nitrogens is 1. The Morgan fingerprint density at radius 3 is 2.37 bits per heavy atom. The molecule has 0 amide bonds. The molecule has 3 rings (SSSR count). The maximum Gasteiger partial charge on any atom is 0.356 e. The Morgan fingerprint density at radius 1 is 1.00 bits per heavy atom. The number of fused-ring (bicyclic) bond motifs is 1. The summed E-state index contributed by atoms with van der Waals surface area (Å²) in [6.07, 6.45) is 0. The molecule has 3 aromatic rings. The van der Waals surface area contributed by atoms with E-state index in [1.54, 1.807) is 24.3 Å². The molecule has 0 fully saturated rings. The second kappa shape index (κ2) is 7.20. The molecule has 0 spiro atoms. The lowest BCUT2D eigenvalue weighted by atomic mass is 10.2. The lowest BCUT2D eigenvalue weighted by molar-refractivity contribution is 0.0596. The van der Waals surface area contributed by atoms with Crippen LogP contribution in [0.4, 0.5) is 5.69 Å². The fourth-order valence-electron chi connectivity index (χ4n) is 2.68. The number of carbonyl (C=O) groups excluding carboxylic acids is 1. The van der Waals surface area contributed by atoms with E-state index >= 15 is 0 Å². The van der Waals surface area contributed by atoms with Crippen molar-refractivity contribution in [3.63, 3.8) is 0 Å². The number of benzene rings is 2. The zero-order valence-electron chi connectivity index (χ0n) is 14.9. The first-order valence-corrected chi connectivity index (χ1v) is 9.33. The fourth-order valence-corrected chi connectivity index (χ4v) is 3.79. The first kappa shape index (κ1) is 18.6. The molecule has 142 valence electrons. The van der Waals surface area contributed by atoms with Crippen LogP contribution in [0.3, 0.4) is 0 Å². The summed E-state index contributed by atoms with van der Waals surface area (Å²) >= 11 is 0. The van der Waals surface area contributed by atoms with E-state index in [-0.39, 0.29) is 22.0 Å². The van der Waals surface area contributed by atoms with Crippen molar-refractivity contribution in [2.24, 2.45) is 0 Å². The number of carbonyl (C=O) groups is 1. The summed E-state index contributed by atoms with van der Waals surface area (Å²) in [7, 11) is 0.0834. The standard InChI is InChI=1S/C18H18N2O6S/c1-24-14-9-8-11(10-15(14)25-2)27(22,23)20-16-12-6-4-5-7-13(12)19-17(16)18(21)26-3/h4-10,19-20H,1-3H3. The molecule has 9 heteroatoms. The van der Waals surface area contributed by atoms with Gasteiger partial charge in [-0.3, -0.25) is 4.72 Å². The van der Waals surface area contributed by atoms with Crippen molar-refractivity contribution in [3.05, 3.63) is 48.2 Å². The molecule has 0 aliphatic rings. The SMILES string of the molecule is COC(=O)c1[nH]c2ccccc2c1NS(=O)(=O)c1ccc(OC)c(OC)c1. The topological polar surface area (TPSA) is 107 Å². The van der Waals surface area contributed by atoms with Crippen molar-refractivity contribution in [3.8, 4) is 11.5 Å². The Morgan fingerprint density at radius 2 is 1.70 bits per heavy atom. The monoisotopic (exact) mass is 390 g/mol. The van der Waals surface area contributed by atoms with Gasteiger partial charge in [0, 0.05) is 17.0 Å². The zero-order chi connectivity index (χ0) is 19.6. The van der Waals surface area contributed by atoms with E-state index in [9.17, 15) is 13.2 Å². The molecule has 0 radical (unpaired) electrons. The molecule has 0 saturated carbocycles. The molecular formula is C18H18N2O6S. The second-order valence-corrected chi connectivity index (χ2v) is 7.22. The fraction of sp³-hybridized carbons (Fsp3) is 0.167. The van der Waals surface area contributed by atoms with Crippen LogP contribution in [0.1, 0.15) is 10.5 Å². The smallest absolute Gasteiger partial charge is 0.356 e. The molecule has 2 N–H and O–H groups in total. The van der Waals surface area contributed by atoms with Crippen LogP contribution in [0, 0.1) is 0 Å². The number of para-hydroxylation sites is 1. The average molecular weight is 390 g/mol. The van der Waals surface area contributed by atoms with Gasteiger partial charge in [-0.05, 0) is 18.2 Å². The minimum absolute atomic E-state index is 0.0164. The third-order valence-electron chi connectivity index (χ3n) is 4.00. The van der Waals surface area contributed by atoms with Gasteiger partial charge in [-0.2, -0.15) is 0 Å². The normalized spacial score (nSPS) is 11.2. The molecule has 0 aliphatic heterocycles. The van der Waals surface area contributed by atoms with Crippen molar-refractivity contribution >= 4 is 32.6 Å². The maximum absolute atomic E-state index is 12.9. The van der Waals surface area contributed by atoms with Gasteiger partial charge < -0.3 is 19.2 Å². The number of aromatic amines is 1. The van der Waals surface area contributed by atoms with Crippen molar-refractivity contribution in [2.75, 3.05) is 26.1 Å². The molecule has 27 heavy (non-hydrogen) atoms. The molecule has 0 atom stereocenters. The van der Waals surface area contributed by atoms with Crippen LogP contribution in [0.5, 0.6) is 11.5 Å². The van der Waals surface area contributed by atoms with Crippen molar-refractivity contribution < 1.29 is 27.4 Å². The highest BCUT2D eigenvalue weighted by Gasteiger charge is 2.24. The van der Waals surface area contributed by atoms with Crippen LogP contribution >= 0.6 is 0 Å². The van der Waals surface area contributed by atoms with Gasteiger partial charge in [0.1, 0.15) is 0 Å². The number of esters is 1. The van der Waals surface area contributed by atoms with E-state index < -0.39 is 16.0 Å². The summed E-state index contributed by atoms with van der Waals surface area (Å²) in [6, 6.07) is 11.2. The van der Waals surface area contributed by atoms with Gasteiger partial charge >= 0.3 is 5.97 Å². The minimum Gasteiger partial charge on any atom is -0.493 e. The van der Waals surface area contributed by atoms with Gasteiger partial charge in [-0.25, -0.2) is 13.2 Å². The number of ether oxygens (including phenoxy) is 3. The maximum atomic E-state index is 12.9. The second-order valence-electron chi connectivity index (χ2n) is 5.53. The van der Waals surface area contributed by atoms with Crippen molar-refractivity contribution in [1.29, 1.82) is 0 Å². The quantitative estimate of drug-likeness (QED) is 0.627. The number of aromatic nitrogens is 1. The van der Waals surface area contributed by atoms with Crippen LogP contribution in [0.15, 0.2) is 47.4 Å². The number of anilines is 1. The Bertz CT molecular complexity index is 1100. The summed E-state index contributed by atoms with van der Waals surface area (Å²) in [6.45, 7) is 0. The van der Waals surface area contributed by atoms with E-state index in [4.69, 9.17) is 14.2 Å². The Balaban J connectivity index is 2.10. The van der Waals surface area contributed by atoms with Gasteiger partial charge in [-0.1, -0.05) is 18.2 Å². The van der Waals surface area contributed by atoms with Gasteiger partial charge in [0.25, 0.3) is 10.0 Å². The molecule has 0 saturated heterocycles. The third kappa shape index (κ3) is 3.41. The van der Waals surface area contributed by atoms with Crippen LogP contribution in [0.25, 0.3) is 10.9 Å². The summed E-state index contributed by atoms with van der Waals surface area (Å²) in [5.74, 6) is -0.0116. The summed E-state index contributed by atoms with van der Waals surface area (Å²) in [4.78, 5) is 14.9. The number of rotatable bonds is 6. The summed E-state index contributed by atoms with van der Waals surface area (Å²) < 4.78 is 43.3. The summed E-state index contributed by atoms with van der Waals surface area (Å²) in [5.41, 5.74) is 0.734. The van der Waals surface area contributed by atoms with Crippen LogP contribution in [-0.2, 0) is 14.8 Å². The van der Waals surface area contributed by atoms with Gasteiger partial charge in [0.05, 0.1) is 31.9 Å². The molecule has 1 aromatic heterocycles. The Hall–Kier alpha value is -3.20. The Labute approximate surface area is 156 Å². The molecule has 8 nitrogen and oxygen atoms in total. The van der Waals surface area contributed by atoms with Crippen LogP contribution in [0.2, 0.25) is 0 Å². The first-order valence-electron chi connectivity index (χ1n) is 7.85. The van der Waals surface area contributed by atoms with E-state index in [2.05, 4.69) is 9.71 Å². The molecule has 1 heterocycles. The van der Waals surface area contributed by atoms with E-state index in [0.717, 1.165) is 0 Å². The van der Waals surface area contributed by atoms with Crippen LogP contribution in [-0.4, -0.2) is 40.7 Å². The zero-order valence-corrected chi connectivity index (χ0v) is 15.7. The van der Waals surface area contributed by atoms with Gasteiger partial charge in [-0.15, -0.1) is 0 Å². The lowest BCUT2D eigenvalue weighted by Gasteiger charge is -2.12. The lowest BCUT2D eigenvalue weighted by Crippen LogP contribution is -2.16. The van der Waals surface area contributed by atoms with Gasteiger partial charge in [0.2, 0.25) is 0 Å². The first-order chi connectivity index (χ1) is 12.9. The van der Waals surface area contributed by atoms with Crippen molar-refractivity contribution in [1.82, 2.24) is 4.98 Å². The molecule has 0 aliphatic carbocycles. The number of sulfonamides is 1. The summed E-state index contributed by atoms with van der Waals surface area (Å²) in [5, 5.41) is 0.543. The molecule has 0 bridgehead atoms. The highest BCUT2D eigenvalue weighted by Crippen LogP contribution is 2.33. The minimum atomic E-state index is -4.01. The van der Waals surface area contributed by atoms with Gasteiger partial charge in [0.15, 0.2) is 17.2 Å². The highest BCUT2D eigenvalue weighted by atomic mass is 32.2. The molecule has 2 aromatic carbocycles. The third-order valence-corrected chi connectivity index (χ3v) is 5.34. The predicted octanol–water partition coefficient (Wildman–Crippen LogP) is 2.77. The van der Waals surface area contributed by atoms with Crippen molar-refractivity contribution in [2.45, 2.75) is 4.90 Å². The number of nitrogens with one attached hydrogen (secondary N) is 2. The number of hydrogen-bond donors (Lipinski definition) is 2.